The third-order valence-corrected chi connectivity index (χ3v) is 3.70. The third-order valence-electron chi connectivity index (χ3n) is 3.70. The average Bonchev–Trinajstić information content (AvgIpc) is 2.59. The van der Waals surface area contributed by atoms with Crippen LogP contribution in [0.3, 0.4) is 0 Å². The Bertz CT molecular complexity index is 831. The van der Waals surface area contributed by atoms with Gasteiger partial charge in [0.25, 0.3) is 0 Å². The summed E-state index contributed by atoms with van der Waals surface area (Å²) in [6.45, 7) is 0.382. The quantitative estimate of drug-likeness (QED) is 0.754. The first-order valence-electron chi connectivity index (χ1n) is 7.33. The summed E-state index contributed by atoms with van der Waals surface area (Å²) in [7, 11) is 1.33. The molecule has 4 nitrogen and oxygen atoms in total. The highest BCUT2D eigenvalue weighted by atomic mass is 16.5. The van der Waals surface area contributed by atoms with Gasteiger partial charge in [-0.25, -0.2) is 4.79 Å². The molecule has 3 rings (SSSR count). The number of hydrogen-bond acceptors (Lipinski definition) is 4. The van der Waals surface area contributed by atoms with Gasteiger partial charge in [0.2, 0.25) is 0 Å². The van der Waals surface area contributed by atoms with Gasteiger partial charge in [-0.15, -0.1) is 0 Å². The van der Waals surface area contributed by atoms with Gasteiger partial charge in [0.15, 0.2) is 5.78 Å². The van der Waals surface area contributed by atoms with Crippen molar-refractivity contribution in [1.82, 2.24) is 0 Å². The van der Waals surface area contributed by atoms with E-state index in [-0.39, 0.29) is 12.2 Å². The van der Waals surface area contributed by atoms with Crippen LogP contribution in [-0.2, 0) is 4.74 Å². The van der Waals surface area contributed by atoms with Crippen LogP contribution >= 0.6 is 0 Å². The van der Waals surface area contributed by atoms with Gasteiger partial charge in [0.05, 0.1) is 18.2 Å². The van der Waals surface area contributed by atoms with E-state index in [0.717, 1.165) is 5.39 Å². The molecule has 2 aromatic rings. The summed E-state index contributed by atoms with van der Waals surface area (Å²) in [5.41, 5.74) is 0.918. The Morgan fingerprint density at radius 3 is 2.74 bits per heavy atom. The second-order valence-electron chi connectivity index (χ2n) is 5.16. The number of ether oxygens (including phenoxy) is 2. The maximum absolute atomic E-state index is 12.6. The summed E-state index contributed by atoms with van der Waals surface area (Å²) < 4.78 is 10.5. The maximum Gasteiger partial charge on any atom is 0.337 e. The predicted molar refractivity (Wildman–Crippen MR) is 88.0 cm³/mol. The van der Waals surface area contributed by atoms with E-state index in [0.29, 0.717) is 28.9 Å². The average molecular weight is 308 g/mol. The summed E-state index contributed by atoms with van der Waals surface area (Å²) in [4.78, 5) is 24.4. The number of methoxy groups -OCH3 is 1. The summed E-state index contributed by atoms with van der Waals surface area (Å²) >= 11 is 0. The first-order chi connectivity index (χ1) is 11.2. The van der Waals surface area contributed by atoms with Crippen LogP contribution in [0.15, 0.2) is 54.6 Å². The predicted octanol–water partition coefficient (Wildman–Crippen LogP) is 3.70. The van der Waals surface area contributed by atoms with Crippen LogP contribution in [0.25, 0.3) is 10.8 Å². The van der Waals surface area contributed by atoms with Gasteiger partial charge in [-0.2, -0.15) is 0 Å². The fourth-order valence-electron chi connectivity index (χ4n) is 2.58. The van der Waals surface area contributed by atoms with Crippen LogP contribution in [0.4, 0.5) is 0 Å². The van der Waals surface area contributed by atoms with Crippen molar-refractivity contribution in [2.24, 2.45) is 0 Å². The lowest BCUT2D eigenvalue weighted by Gasteiger charge is -2.13. The highest BCUT2D eigenvalue weighted by Gasteiger charge is 2.17. The Labute approximate surface area is 134 Å². The Kier molecular flexibility index (Phi) is 4.24. The molecule has 1 aliphatic heterocycles. The van der Waals surface area contributed by atoms with Crippen LogP contribution in [0.2, 0.25) is 0 Å². The number of allylic oxidation sites excluding steroid dienone is 3. The molecular formula is C19H16O4. The molecule has 116 valence electrons. The lowest BCUT2D eigenvalue weighted by Crippen LogP contribution is -2.07. The number of rotatable bonds is 1. The number of carbonyl (C=O) groups excluding carboxylic acids is 2. The Morgan fingerprint density at radius 1 is 1.13 bits per heavy atom. The molecule has 0 fully saturated rings. The smallest absolute Gasteiger partial charge is 0.337 e. The fourth-order valence-corrected chi connectivity index (χ4v) is 2.58. The van der Waals surface area contributed by atoms with E-state index in [1.807, 2.05) is 36.4 Å². The van der Waals surface area contributed by atoms with Crippen molar-refractivity contribution in [2.75, 3.05) is 13.7 Å². The molecule has 0 bridgehead atoms. The molecule has 23 heavy (non-hydrogen) atoms. The Hall–Kier alpha value is -2.88. The monoisotopic (exact) mass is 308 g/mol. The van der Waals surface area contributed by atoms with E-state index in [2.05, 4.69) is 0 Å². The van der Waals surface area contributed by atoms with Crippen LogP contribution in [0.1, 0.15) is 27.1 Å². The molecule has 1 heterocycles. The molecule has 0 saturated heterocycles. The molecular weight excluding hydrogens is 292 g/mol. The second-order valence-corrected chi connectivity index (χ2v) is 5.16. The lowest BCUT2D eigenvalue weighted by atomic mass is 9.96. The van der Waals surface area contributed by atoms with E-state index in [1.165, 1.54) is 7.11 Å². The zero-order chi connectivity index (χ0) is 16.2. The van der Waals surface area contributed by atoms with Gasteiger partial charge in [-0.3, -0.25) is 4.79 Å². The van der Waals surface area contributed by atoms with Gasteiger partial charge < -0.3 is 9.47 Å². The van der Waals surface area contributed by atoms with Crippen molar-refractivity contribution in [3.05, 3.63) is 65.8 Å². The third kappa shape index (κ3) is 3.01. The van der Waals surface area contributed by atoms with Gasteiger partial charge in [0.1, 0.15) is 12.4 Å². The zero-order valence-corrected chi connectivity index (χ0v) is 12.7. The summed E-state index contributed by atoms with van der Waals surface area (Å²) in [6.07, 6.45) is 7.66. The number of hydrogen-bond donors (Lipinski definition) is 0. The molecule has 0 N–H and O–H groups in total. The van der Waals surface area contributed by atoms with E-state index in [9.17, 15) is 9.59 Å². The van der Waals surface area contributed by atoms with E-state index in [1.54, 1.807) is 18.2 Å². The highest BCUT2D eigenvalue weighted by molar-refractivity contribution is 6.12. The van der Waals surface area contributed by atoms with E-state index in [4.69, 9.17) is 9.47 Å². The van der Waals surface area contributed by atoms with Gasteiger partial charge in [-0.1, -0.05) is 30.4 Å². The number of ketones is 1. The molecule has 4 heteroatoms. The lowest BCUT2D eigenvalue weighted by molar-refractivity contribution is 0.0600. The normalized spacial score (nSPS) is 17.0. The molecule has 2 aromatic carbocycles. The van der Waals surface area contributed by atoms with Crippen molar-refractivity contribution < 1.29 is 19.1 Å². The van der Waals surface area contributed by atoms with E-state index < -0.39 is 5.97 Å². The second kappa shape index (κ2) is 6.48. The summed E-state index contributed by atoms with van der Waals surface area (Å²) in [6, 6.07) is 8.87. The minimum Gasteiger partial charge on any atom is -0.489 e. The van der Waals surface area contributed by atoms with Crippen molar-refractivity contribution in [1.29, 1.82) is 0 Å². The molecule has 0 aromatic heterocycles. The molecule has 0 atom stereocenters. The number of carbonyl (C=O) groups is 2. The van der Waals surface area contributed by atoms with Crippen molar-refractivity contribution in [2.45, 2.75) is 6.42 Å². The number of esters is 1. The van der Waals surface area contributed by atoms with Crippen molar-refractivity contribution in [3.63, 3.8) is 0 Å². The van der Waals surface area contributed by atoms with Crippen LogP contribution in [-0.4, -0.2) is 25.5 Å². The molecule has 0 radical (unpaired) electrons. The Balaban J connectivity index is 2.21. The zero-order valence-electron chi connectivity index (χ0n) is 12.7. The first-order valence-corrected chi connectivity index (χ1v) is 7.33. The van der Waals surface area contributed by atoms with E-state index >= 15 is 0 Å². The fraction of sp³-hybridized carbons (Fsp3) is 0.158. The number of Topliss-reactive ketones (excluding diaryl/α,β-unsaturated/α-hetero) is 1. The Morgan fingerprint density at radius 2 is 1.91 bits per heavy atom. The summed E-state index contributed by atoms with van der Waals surface area (Å²) in [5, 5.41) is 1.58. The number of benzene rings is 2. The SMILES string of the molecule is COC(=O)c1ccc2ccc3c(c2c1)C(=O)C/C=C\C=C/CO3. The van der Waals surface area contributed by atoms with Crippen molar-refractivity contribution >= 4 is 22.5 Å². The minimum atomic E-state index is -0.430. The standard InChI is InChI=1S/C19H16O4/c1-22-19(21)14-8-7-13-9-10-17-18(15(13)12-14)16(20)6-4-2-3-5-11-23-17/h2-5,7-10,12H,6,11H2,1H3/b4-2-,5-3-. The molecule has 0 spiro atoms. The highest BCUT2D eigenvalue weighted by Crippen LogP contribution is 2.31. The van der Waals surface area contributed by atoms with Crippen molar-refractivity contribution in [3.8, 4) is 5.75 Å². The van der Waals surface area contributed by atoms with Crippen LogP contribution in [0, 0.1) is 0 Å². The van der Waals surface area contributed by atoms with Gasteiger partial charge >= 0.3 is 5.97 Å². The molecule has 1 aliphatic rings. The van der Waals surface area contributed by atoms with Crippen LogP contribution in [0.5, 0.6) is 5.75 Å². The van der Waals surface area contributed by atoms with Gasteiger partial charge in [-0.05, 0) is 35.0 Å². The summed E-state index contributed by atoms with van der Waals surface area (Å²) in [5.74, 6) is 0.0594. The topological polar surface area (TPSA) is 52.6 Å². The largest absolute Gasteiger partial charge is 0.489 e. The number of fused-ring (bicyclic) bond motifs is 3. The minimum absolute atomic E-state index is 0.0424. The molecule has 0 unspecified atom stereocenters. The first kappa shape index (κ1) is 15.0. The van der Waals surface area contributed by atoms with Crippen LogP contribution < -0.4 is 4.74 Å². The molecule has 0 amide bonds. The maximum atomic E-state index is 12.6. The van der Waals surface area contributed by atoms with Gasteiger partial charge in [0, 0.05) is 6.42 Å². The molecule has 0 aliphatic carbocycles. The molecule has 0 saturated carbocycles.